The molecular formula is C14H26N4O. The van der Waals surface area contributed by atoms with Crippen LogP contribution in [-0.4, -0.2) is 34.7 Å². The van der Waals surface area contributed by atoms with Crippen LogP contribution in [0.25, 0.3) is 0 Å². The molecule has 0 bridgehead atoms. The van der Waals surface area contributed by atoms with Crippen LogP contribution in [0.5, 0.6) is 0 Å². The van der Waals surface area contributed by atoms with Gasteiger partial charge in [-0.1, -0.05) is 19.0 Å². The highest BCUT2D eigenvalue weighted by Gasteiger charge is 2.20. The Morgan fingerprint density at radius 2 is 2.11 bits per heavy atom. The molecule has 2 rings (SSSR count). The summed E-state index contributed by atoms with van der Waals surface area (Å²) < 4.78 is 5.27. The maximum absolute atomic E-state index is 5.61. The van der Waals surface area contributed by atoms with Crippen LogP contribution < -0.4 is 5.73 Å². The summed E-state index contributed by atoms with van der Waals surface area (Å²) in [6.45, 7) is 8.20. The Balaban J connectivity index is 1.77. The van der Waals surface area contributed by atoms with E-state index in [2.05, 4.69) is 28.9 Å². The van der Waals surface area contributed by atoms with Gasteiger partial charge in [0, 0.05) is 6.42 Å². The predicted octanol–water partition coefficient (Wildman–Crippen LogP) is 1.83. The molecule has 1 fully saturated rings. The van der Waals surface area contributed by atoms with E-state index in [1.165, 1.54) is 12.8 Å². The van der Waals surface area contributed by atoms with Crippen LogP contribution in [-0.2, 0) is 13.0 Å². The highest BCUT2D eigenvalue weighted by molar-refractivity contribution is 4.88. The van der Waals surface area contributed by atoms with Gasteiger partial charge in [-0.3, -0.25) is 4.90 Å². The zero-order valence-electron chi connectivity index (χ0n) is 12.1. The van der Waals surface area contributed by atoms with E-state index in [1.807, 2.05) is 0 Å². The number of likely N-dealkylation sites (tertiary alicyclic amines) is 1. The molecule has 5 heteroatoms. The van der Waals surface area contributed by atoms with Crippen molar-refractivity contribution < 1.29 is 4.52 Å². The number of nitrogens with zero attached hydrogens (tertiary/aromatic N) is 3. The highest BCUT2D eigenvalue weighted by Crippen LogP contribution is 2.20. The van der Waals surface area contributed by atoms with Crippen molar-refractivity contribution in [2.45, 2.75) is 46.1 Å². The fourth-order valence-electron chi connectivity index (χ4n) is 2.66. The molecule has 0 unspecified atom stereocenters. The monoisotopic (exact) mass is 266 g/mol. The van der Waals surface area contributed by atoms with Crippen LogP contribution in [0.15, 0.2) is 4.52 Å². The van der Waals surface area contributed by atoms with Gasteiger partial charge in [0.25, 0.3) is 0 Å². The second-order valence-electron chi connectivity index (χ2n) is 6.00. The third-order valence-electron chi connectivity index (χ3n) is 3.74. The molecule has 1 aromatic heterocycles. The fraction of sp³-hybridized carbons (Fsp3) is 0.857. The highest BCUT2D eigenvalue weighted by atomic mass is 16.5. The molecule has 2 N–H and O–H groups in total. The van der Waals surface area contributed by atoms with Crippen molar-refractivity contribution in [2.75, 3.05) is 19.6 Å². The summed E-state index contributed by atoms with van der Waals surface area (Å²) in [6, 6.07) is 0. The Kier molecular flexibility index (Phi) is 5.34. The van der Waals surface area contributed by atoms with E-state index in [0.29, 0.717) is 5.92 Å². The van der Waals surface area contributed by atoms with E-state index in [9.17, 15) is 0 Å². The molecule has 1 aliphatic heterocycles. The van der Waals surface area contributed by atoms with E-state index in [0.717, 1.165) is 56.7 Å². The summed E-state index contributed by atoms with van der Waals surface area (Å²) in [5.74, 6) is 2.96. The summed E-state index contributed by atoms with van der Waals surface area (Å²) in [7, 11) is 0. The van der Waals surface area contributed by atoms with E-state index in [-0.39, 0.29) is 0 Å². The van der Waals surface area contributed by atoms with Crippen molar-refractivity contribution in [2.24, 2.45) is 17.6 Å². The molecular weight excluding hydrogens is 240 g/mol. The van der Waals surface area contributed by atoms with Gasteiger partial charge in [-0.2, -0.15) is 4.98 Å². The van der Waals surface area contributed by atoms with Gasteiger partial charge in [-0.15, -0.1) is 0 Å². The number of piperidine rings is 1. The Hall–Kier alpha value is -0.940. The summed E-state index contributed by atoms with van der Waals surface area (Å²) in [6.07, 6.45) is 4.52. The molecule has 1 aromatic rings. The quantitative estimate of drug-likeness (QED) is 0.850. The maximum Gasteiger partial charge on any atom is 0.226 e. The molecule has 0 amide bonds. The average Bonchev–Trinajstić information content (AvgIpc) is 2.78. The van der Waals surface area contributed by atoms with E-state index in [4.69, 9.17) is 10.3 Å². The van der Waals surface area contributed by atoms with Crippen molar-refractivity contribution in [1.29, 1.82) is 0 Å². The van der Waals surface area contributed by atoms with Gasteiger partial charge >= 0.3 is 0 Å². The van der Waals surface area contributed by atoms with Crippen LogP contribution >= 0.6 is 0 Å². The Morgan fingerprint density at radius 3 is 2.74 bits per heavy atom. The molecule has 2 heterocycles. The molecule has 0 aliphatic carbocycles. The molecule has 0 aromatic carbocycles. The largest absolute Gasteiger partial charge is 0.339 e. The topological polar surface area (TPSA) is 68.2 Å². The van der Waals surface area contributed by atoms with Crippen LogP contribution in [0.4, 0.5) is 0 Å². The lowest BCUT2D eigenvalue weighted by atomic mass is 9.94. The third-order valence-corrected chi connectivity index (χ3v) is 3.74. The Bertz CT molecular complexity index is 369. The van der Waals surface area contributed by atoms with Crippen molar-refractivity contribution in [1.82, 2.24) is 15.0 Å². The smallest absolute Gasteiger partial charge is 0.226 e. The maximum atomic E-state index is 5.61. The first-order chi connectivity index (χ1) is 9.17. The van der Waals surface area contributed by atoms with Crippen LogP contribution in [0.3, 0.4) is 0 Å². The number of rotatable bonds is 6. The molecule has 0 saturated carbocycles. The zero-order chi connectivity index (χ0) is 13.7. The summed E-state index contributed by atoms with van der Waals surface area (Å²) >= 11 is 0. The normalized spacial score (nSPS) is 18.3. The predicted molar refractivity (Wildman–Crippen MR) is 74.5 cm³/mol. The number of hydrogen-bond donors (Lipinski definition) is 1. The van der Waals surface area contributed by atoms with Gasteiger partial charge in [-0.25, -0.2) is 0 Å². The van der Waals surface area contributed by atoms with E-state index < -0.39 is 0 Å². The minimum atomic E-state index is 0.556. The summed E-state index contributed by atoms with van der Waals surface area (Å²) in [4.78, 5) is 6.87. The van der Waals surface area contributed by atoms with Gasteiger partial charge in [0.15, 0.2) is 5.82 Å². The minimum absolute atomic E-state index is 0.556. The van der Waals surface area contributed by atoms with E-state index in [1.54, 1.807) is 0 Å². The number of aromatic nitrogens is 2. The first kappa shape index (κ1) is 14.5. The van der Waals surface area contributed by atoms with E-state index >= 15 is 0 Å². The third kappa shape index (κ3) is 4.58. The molecule has 0 atom stereocenters. The Morgan fingerprint density at radius 1 is 1.37 bits per heavy atom. The van der Waals surface area contributed by atoms with Gasteiger partial charge < -0.3 is 10.3 Å². The minimum Gasteiger partial charge on any atom is -0.339 e. The molecule has 0 spiro atoms. The summed E-state index contributed by atoms with van der Waals surface area (Å²) in [5, 5.41) is 4.07. The molecule has 0 radical (unpaired) electrons. The first-order valence-electron chi connectivity index (χ1n) is 7.41. The molecule has 5 nitrogen and oxygen atoms in total. The fourth-order valence-corrected chi connectivity index (χ4v) is 2.66. The molecule has 19 heavy (non-hydrogen) atoms. The van der Waals surface area contributed by atoms with Crippen molar-refractivity contribution in [3.63, 3.8) is 0 Å². The van der Waals surface area contributed by atoms with Crippen molar-refractivity contribution in [3.05, 3.63) is 11.7 Å². The molecule has 1 saturated heterocycles. The second-order valence-corrected chi connectivity index (χ2v) is 6.00. The lowest BCUT2D eigenvalue weighted by Gasteiger charge is -2.30. The second kappa shape index (κ2) is 7.01. The average molecular weight is 266 g/mol. The van der Waals surface area contributed by atoms with Crippen molar-refractivity contribution in [3.8, 4) is 0 Å². The SMILES string of the molecule is CC(C)Cc1nc(CN2CCC(CCN)CC2)no1. The number of hydrogen-bond acceptors (Lipinski definition) is 5. The zero-order valence-corrected chi connectivity index (χ0v) is 12.1. The van der Waals surface area contributed by atoms with Gasteiger partial charge in [0.2, 0.25) is 5.89 Å². The van der Waals surface area contributed by atoms with Crippen LogP contribution in [0, 0.1) is 11.8 Å². The lowest BCUT2D eigenvalue weighted by Crippen LogP contribution is -2.34. The van der Waals surface area contributed by atoms with Crippen molar-refractivity contribution >= 4 is 0 Å². The van der Waals surface area contributed by atoms with Crippen LogP contribution in [0.1, 0.15) is 44.8 Å². The lowest BCUT2D eigenvalue weighted by molar-refractivity contribution is 0.168. The standard InChI is InChI=1S/C14H26N4O/c1-11(2)9-14-16-13(17-19-14)10-18-7-4-12(3-6-15)5-8-18/h11-12H,3-10,15H2,1-2H3. The molecule has 108 valence electrons. The van der Waals surface area contributed by atoms with Gasteiger partial charge in [-0.05, 0) is 50.7 Å². The van der Waals surface area contributed by atoms with Gasteiger partial charge in [0.05, 0.1) is 6.54 Å². The first-order valence-corrected chi connectivity index (χ1v) is 7.41. The van der Waals surface area contributed by atoms with Crippen LogP contribution in [0.2, 0.25) is 0 Å². The van der Waals surface area contributed by atoms with Gasteiger partial charge in [0.1, 0.15) is 0 Å². The summed E-state index contributed by atoms with van der Waals surface area (Å²) in [5.41, 5.74) is 5.61. The molecule has 1 aliphatic rings. The Labute approximate surface area is 115 Å². The number of nitrogens with two attached hydrogens (primary N) is 1.